The van der Waals surface area contributed by atoms with Crippen molar-refractivity contribution < 1.29 is 19.6 Å². The number of carbonyl (C=O) groups is 1. The van der Waals surface area contributed by atoms with Gasteiger partial charge in [0, 0.05) is 60.5 Å². The number of rotatable bonds is 11. The molecule has 2 saturated carbocycles. The molecule has 3 aromatic heterocycles. The topological polar surface area (TPSA) is 162 Å². The number of H-pyrrole nitrogens is 1. The Morgan fingerprint density at radius 1 is 1.06 bits per heavy atom. The number of aromatic nitrogens is 3. The lowest BCUT2D eigenvalue weighted by molar-refractivity contribution is -0.384. The van der Waals surface area contributed by atoms with Crippen LogP contribution in [0.2, 0.25) is 0 Å². The lowest BCUT2D eigenvalue weighted by Gasteiger charge is -2.55. The lowest BCUT2D eigenvalue weighted by atomic mass is 9.60. The monoisotopic (exact) mass is 740 g/mol. The molecule has 4 aromatic rings. The Labute approximate surface area is 313 Å². The van der Waals surface area contributed by atoms with Crippen molar-refractivity contribution in [2.24, 2.45) is 11.3 Å². The van der Waals surface area contributed by atoms with Crippen molar-refractivity contribution in [3.05, 3.63) is 70.7 Å². The summed E-state index contributed by atoms with van der Waals surface area (Å²) < 4.78 is 9.21. The number of nitrogens with zero attached hydrogens (tertiary/aromatic N) is 5. The number of nitro benzene ring substituents is 1. The number of anilines is 2. The first-order valence-corrected chi connectivity index (χ1v) is 19.8. The molecule has 1 spiro atoms. The van der Waals surface area contributed by atoms with Crippen LogP contribution in [0.1, 0.15) is 81.5 Å². The summed E-state index contributed by atoms with van der Waals surface area (Å²) in [6.07, 6.45) is 15.7. The van der Waals surface area contributed by atoms with Crippen molar-refractivity contribution in [1.29, 1.82) is 0 Å². The van der Waals surface area contributed by atoms with E-state index in [0.717, 1.165) is 86.5 Å². The number of nitro groups is 1. The van der Waals surface area contributed by atoms with E-state index in [1.54, 1.807) is 24.5 Å². The highest BCUT2D eigenvalue weighted by molar-refractivity contribution is 7.98. The van der Waals surface area contributed by atoms with Gasteiger partial charge in [-0.1, -0.05) is 0 Å². The fourth-order valence-corrected chi connectivity index (χ4v) is 9.30. The number of hydrogen-bond acceptors (Lipinski definition) is 11. The molecule has 13 nitrogen and oxygen atoms in total. The molecule has 4 N–H and O–H groups in total. The van der Waals surface area contributed by atoms with Gasteiger partial charge >= 0.3 is 0 Å². The predicted octanol–water partition coefficient (Wildman–Crippen LogP) is 7.29. The Morgan fingerprint density at radius 2 is 1.83 bits per heavy atom. The van der Waals surface area contributed by atoms with Crippen molar-refractivity contribution >= 4 is 46.1 Å². The summed E-state index contributed by atoms with van der Waals surface area (Å²) in [5.41, 5.74) is 1.15. The van der Waals surface area contributed by atoms with E-state index in [0.29, 0.717) is 40.0 Å². The summed E-state index contributed by atoms with van der Waals surface area (Å²) in [5.74, 6) is 1.52. The van der Waals surface area contributed by atoms with Crippen LogP contribution in [0.5, 0.6) is 11.5 Å². The quantitative estimate of drug-likeness (QED) is 0.0694. The van der Waals surface area contributed by atoms with Crippen molar-refractivity contribution in [2.45, 2.75) is 87.7 Å². The third kappa shape index (κ3) is 7.95. The zero-order valence-corrected chi connectivity index (χ0v) is 31.0. The standard InChI is InChI=1S/C39H48N8O5S/c1-38(49)9-6-26(7-10-38)23-41-32-5-4-30(19-33(32)47(50)51)53-44-37(48)31-25-42-35(20-34(31)52-29-18-27-8-13-40-36(27)43-24-29)46-16-11-39(12-17-46)21-28(22-39)45-14-2-3-15-45/h4-5,8,13,18-20,24-26,28,41,49H,2-3,6-7,9-12,14-17,21-23H2,1H3,(H,40,43)(H,44,48). The molecule has 8 rings (SSSR count). The van der Waals surface area contributed by atoms with Gasteiger partial charge in [-0.3, -0.25) is 19.6 Å². The molecule has 1 aromatic carbocycles. The van der Waals surface area contributed by atoms with E-state index in [-0.39, 0.29) is 11.3 Å². The smallest absolute Gasteiger partial charge is 0.293 e. The number of pyridine rings is 2. The maximum Gasteiger partial charge on any atom is 0.293 e. The van der Waals surface area contributed by atoms with E-state index in [2.05, 4.69) is 29.8 Å². The highest BCUT2D eigenvalue weighted by Crippen LogP contribution is 2.52. The number of fused-ring (bicyclic) bond motifs is 1. The molecule has 0 unspecified atom stereocenters. The maximum atomic E-state index is 13.7. The zero-order chi connectivity index (χ0) is 36.6. The van der Waals surface area contributed by atoms with Crippen molar-refractivity contribution in [2.75, 3.05) is 42.9 Å². The van der Waals surface area contributed by atoms with Gasteiger partial charge in [-0.15, -0.1) is 0 Å². The van der Waals surface area contributed by atoms with E-state index < -0.39 is 16.4 Å². The van der Waals surface area contributed by atoms with Crippen molar-refractivity contribution in [1.82, 2.24) is 24.6 Å². The van der Waals surface area contributed by atoms with Crippen LogP contribution < -0.4 is 19.7 Å². The number of aliphatic hydroxyl groups is 1. The molecule has 0 atom stereocenters. The summed E-state index contributed by atoms with van der Waals surface area (Å²) in [6, 6.07) is 11.3. The average molecular weight is 741 g/mol. The van der Waals surface area contributed by atoms with Gasteiger partial charge in [0.25, 0.3) is 11.6 Å². The van der Waals surface area contributed by atoms with Gasteiger partial charge in [0.15, 0.2) is 0 Å². The Bertz CT molecular complexity index is 1950. The Kier molecular flexibility index (Phi) is 9.94. The normalized spacial score (nSPS) is 23.2. The van der Waals surface area contributed by atoms with E-state index in [1.165, 1.54) is 44.8 Å². The first kappa shape index (κ1) is 35.6. The Morgan fingerprint density at radius 3 is 2.58 bits per heavy atom. The van der Waals surface area contributed by atoms with E-state index in [9.17, 15) is 20.0 Å². The molecule has 53 heavy (non-hydrogen) atoms. The number of piperidine rings is 1. The summed E-state index contributed by atoms with van der Waals surface area (Å²) in [7, 11) is 0. The summed E-state index contributed by atoms with van der Waals surface area (Å²) in [5, 5.41) is 26.4. The molecule has 4 aliphatic rings. The van der Waals surface area contributed by atoms with Crippen LogP contribution in [0.25, 0.3) is 11.0 Å². The second-order valence-corrected chi connectivity index (χ2v) is 16.7. The van der Waals surface area contributed by atoms with E-state index >= 15 is 0 Å². The number of carbonyl (C=O) groups excluding carboxylic acids is 1. The molecule has 0 radical (unpaired) electrons. The van der Waals surface area contributed by atoms with Crippen LogP contribution in [0.15, 0.2) is 59.9 Å². The van der Waals surface area contributed by atoms with Gasteiger partial charge in [0.05, 0.1) is 16.7 Å². The van der Waals surface area contributed by atoms with Crippen molar-refractivity contribution in [3.63, 3.8) is 0 Å². The number of ether oxygens (including phenoxy) is 1. The third-order valence-electron chi connectivity index (χ3n) is 12.0. The zero-order valence-electron chi connectivity index (χ0n) is 30.2. The van der Waals surface area contributed by atoms with Gasteiger partial charge in [0.1, 0.15) is 34.2 Å². The van der Waals surface area contributed by atoms with Gasteiger partial charge in [-0.25, -0.2) is 9.97 Å². The first-order valence-electron chi connectivity index (χ1n) is 18.9. The number of benzene rings is 1. The molecule has 280 valence electrons. The van der Waals surface area contributed by atoms with Crippen LogP contribution in [0.4, 0.5) is 17.2 Å². The second kappa shape index (κ2) is 14.8. The second-order valence-electron chi connectivity index (χ2n) is 15.8. The molecule has 2 aliphatic carbocycles. The number of aromatic amines is 1. The highest BCUT2D eigenvalue weighted by Gasteiger charge is 2.48. The third-order valence-corrected chi connectivity index (χ3v) is 12.8. The molecule has 2 aliphatic heterocycles. The maximum absolute atomic E-state index is 13.7. The molecule has 0 bridgehead atoms. The molecular weight excluding hydrogens is 693 g/mol. The van der Waals surface area contributed by atoms with Crippen LogP contribution in [-0.2, 0) is 0 Å². The molecule has 1 amide bonds. The minimum absolute atomic E-state index is 0.0634. The molecule has 4 fully saturated rings. The summed E-state index contributed by atoms with van der Waals surface area (Å²) in [4.78, 5) is 43.1. The molecule has 2 saturated heterocycles. The number of nitrogens with one attached hydrogen (secondary N) is 3. The van der Waals surface area contributed by atoms with Crippen molar-refractivity contribution in [3.8, 4) is 11.5 Å². The minimum Gasteiger partial charge on any atom is -0.455 e. The van der Waals surface area contributed by atoms with Gasteiger partial charge in [0.2, 0.25) is 0 Å². The molecule has 5 heterocycles. The number of likely N-dealkylation sites (tertiary alicyclic amines) is 1. The highest BCUT2D eigenvalue weighted by atomic mass is 32.2. The molecular formula is C39H48N8O5S. The van der Waals surface area contributed by atoms with Crippen LogP contribution in [0.3, 0.4) is 0 Å². The van der Waals surface area contributed by atoms with Crippen LogP contribution in [-0.4, -0.2) is 80.2 Å². The van der Waals surface area contributed by atoms with Gasteiger partial charge < -0.3 is 29.9 Å². The lowest BCUT2D eigenvalue weighted by Crippen LogP contribution is -2.54. The van der Waals surface area contributed by atoms with E-state index in [4.69, 9.17) is 9.72 Å². The summed E-state index contributed by atoms with van der Waals surface area (Å²) >= 11 is 1.00. The van der Waals surface area contributed by atoms with E-state index in [1.807, 2.05) is 31.3 Å². The van der Waals surface area contributed by atoms with Gasteiger partial charge in [-0.05, 0) is 132 Å². The first-order chi connectivity index (χ1) is 25.6. The average Bonchev–Trinajstić information content (AvgIpc) is 3.85. The fraction of sp³-hybridized carbons (Fsp3) is 0.513. The largest absolute Gasteiger partial charge is 0.455 e. The molecule has 14 heteroatoms. The Balaban J connectivity index is 0.948. The predicted molar refractivity (Wildman–Crippen MR) is 206 cm³/mol. The SMILES string of the molecule is CC1(O)CCC(CNc2ccc(SNC(=O)c3cnc(N4CCC5(CC4)CC(N4CCCC4)C5)cc3Oc3cnc4[nH]ccc4c3)cc2[N+](=O)[O-])CC1. The minimum atomic E-state index is -0.630. The fourth-order valence-electron chi connectivity index (χ4n) is 8.67. The number of amides is 1. The van der Waals surface area contributed by atoms with Gasteiger partial charge in [-0.2, -0.15) is 0 Å². The van der Waals surface area contributed by atoms with Crippen LogP contribution in [0, 0.1) is 21.4 Å². The van der Waals surface area contributed by atoms with Crippen LogP contribution >= 0.6 is 11.9 Å². The summed E-state index contributed by atoms with van der Waals surface area (Å²) in [6.45, 7) is 6.77. The Hall–Kier alpha value is -4.40. The number of hydrogen-bond donors (Lipinski definition) is 4.